The Morgan fingerprint density at radius 2 is 1.74 bits per heavy atom. The number of nitrogens with zero attached hydrogens (tertiary/aromatic N) is 2. The number of piperidine rings is 1. The smallest absolute Gasteiger partial charge is 0.130 e. The van der Waals surface area contributed by atoms with Crippen molar-refractivity contribution >= 4 is 6.21 Å². The molecular weight excluding hydrogens is 236 g/mol. The zero-order chi connectivity index (χ0) is 14.3. The second-order valence-corrected chi connectivity index (χ2v) is 7.36. The molecule has 1 atom stereocenters. The average Bonchev–Trinajstić information content (AvgIpc) is 2.57. The van der Waals surface area contributed by atoms with Crippen LogP contribution in [-0.4, -0.2) is 39.6 Å². The number of aliphatic hydroxyl groups is 1. The Labute approximate surface area is 117 Å². The highest BCUT2D eigenvalue weighted by Crippen LogP contribution is 2.45. The molecule has 2 rings (SSSR count). The summed E-state index contributed by atoms with van der Waals surface area (Å²) in [5.41, 5.74) is 1.19. The summed E-state index contributed by atoms with van der Waals surface area (Å²) in [5.74, 6) is 0. The lowest BCUT2D eigenvalue weighted by molar-refractivity contribution is -0.0811. The molecule has 3 nitrogen and oxygen atoms in total. The summed E-state index contributed by atoms with van der Waals surface area (Å²) in [4.78, 5) is 7.35. The number of aliphatic hydroxyl groups excluding tert-OH is 1. The summed E-state index contributed by atoms with van der Waals surface area (Å²) in [6.07, 6.45) is 8.59. The first-order chi connectivity index (χ1) is 8.71. The van der Waals surface area contributed by atoms with Crippen LogP contribution in [-0.2, 0) is 0 Å². The fourth-order valence-electron chi connectivity index (χ4n) is 4.25. The fourth-order valence-corrected chi connectivity index (χ4v) is 4.25. The molecule has 2 heterocycles. The summed E-state index contributed by atoms with van der Waals surface area (Å²) in [5, 5.41) is 9.10. The Hall–Kier alpha value is -0.670. The van der Waals surface area contributed by atoms with Crippen molar-refractivity contribution < 1.29 is 5.11 Å². The van der Waals surface area contributed by atoms with Crippen LogP contribution in [0.25, 0.3) is 0 Å². The van der Waals surface area contributed by atoms with Crippen LogP contribution in [0.4, 0.5) is 0 Å². The molecule has 0 spiro atoms. The highest BCUT2D eigenvalue weighted by atomic mass is 16.2. The van der Waals surface area contributed by atoms with Gasteiger partial charge in [-0.1, -0.05) is 0 Å². The predicted molar refractivity (Wildman–Crippen MR) is 80.5 cm³/mol. The molecule has 19 heavy (non-hydrogen) atoms. The fraction of sp³-hybridized carbons (Fsp3) is 0.812. The van der Waals surface area contributed by atoms with Crippen LogP contribution >= 0.6 is 0 Å². The Kier molecular flexibility index (Phi) is 3.65. The lowest BCUT2D eigenvalue weighted by Crippen LogP contribution is -2.65. The van der Waals surface area contributed by atoms with E-state index in [9.17, 15) is 0 Å². The Morgan fingerprint density at radius 3 is 2.26 bits per heavy atom. The van der Waals surface area contributed by atoms with E-state index in [4.69, 9.17) is 10.1 Å². The standard InChI is InChI=1S/C16H28N2O/c1-14(2)8-6-9-15(3,4)18(14)16(5)11-13(7-10-19)12-17-16/h11-12,19H,6-10H2,1-5H3. The van der Waals surface area contributed by atoms with Crippen molar-refractivity contribution in [2.75, 3.05) is 6.61 Å². The van der Waals surface area contributed by atoms with E-state index in [0.717, 1.165) is 5.57 Å². The minimum atomic E-state index is -0.266. The molecule has 2 aliphatic heterocycles. The van der Waals surface area contributed by atoms with Gasteiger partial charge in [-0.05, 0) is 72.0 Å². The SMILES string of the molecule is CC1(C)CCCC(C)(C)N1C1(C)C=C(CCO)C=N1. The van der Waals surface area contributed by atoms with Crippen LogP contribution in [0.1, 0.15) is 60.3 Å². The summed E-state index contributed by atoms with van der Waals surface area (Å²) < 4.78 is 0. The molecule has 0 aromatic rings. The zero-order valence-corrected chi connectivity index (χ0v) is 13.0. The van der Waals surface area contributed by atoms with E-state index >= 15 is 0 Å². The van der Waals surface area contributed by atoms with Crippen molar-refractivity contribution in [3.8, 4) is 0 Å². The zero-order valence-electron chi connectivity index (χ0n) is 13.0. The topological polar surface area (TPSA) is 35.8 Å². The first kappa shape index (κ1) is 14.7. The maximum atomic E-state index is 9.10. The first-order valence-electron chi connectivity index (χ1n) is 7.40. The third kappa shape index (κ3) is 2.63. The lowest BCUT2D eigenvalue weighted by Gasteiger charge is -2.58. The van der Waals surface area contributed by atoms with Gasteiger partial charge in [0.05, 0.1) is 0 Å². The highest BCUT2D eigenvalue weighted by Gasteiger charge is 2.50. The van der Waals surface area contributed by atoms with Gasteiger partial charge >= 0.3 is 0 Å². The first-order valence-corrected chi connectivity index (χ1v) is 7.40. The molecule has 0 aromatic heterocycles. The molecule has 0 amide bonds. The normalized spacial score (nSPS) is 33.5. The van der Waals surface area contributed by atoms with E-state index < -0.39 is 0 Å². The summed E-state index contributed by atoms with van der Waals surface area (Å²) in [6, 6.07) is 0. The third-order valence-corrected chi connectivity index (χ3v) is 4.59. The van der Waals surface area contributed by atoms with Gasteiger partial charge in [0.15, 0.2) is 0 Å². The van der Waals surface area contributed by atoms with Crippen LogP contribution < -0.4 is 0 Å². The lowest BCUT2D eigenvalue weighted by atomic mass is 9.77. The molecule has 2 aliphatic rings. The minimum absolute atomic E-state index is 0.152. The van der Waals surface area contributed by atoms with Crippen LogP contribution in [0.15, 0.2) is 16.6 Å². The van der Waals surface area contributed by atoms with E-state index in [1.807, 2.05) is 6.21 Å². The van der Waals surface area contributed by atoms with Gasteiger partial charge in [0.25, 0.3) is 0 Å². The van der Waals surface area contributed by atoms with Gasteiger partial charge in [0.1, 0.15) is 5.66 Å². The number of aliphatic imine (C=N–C) groups is 1. The van der Waals surface area contributed by atoms with Gasteiger partial charge in [0, 0.05) is 23.9 Å². The van der Waals surface area contributed by atoms with Gasteiger partial charge in [-0.2, -0.15) is 0 Å². The minimum Gasteiger partial charge on any atom is -0.396 e. The maximum Gasteiger partial charge on any atom is 0.130 e. The molecular formula is C16H28N2O. The van der Waals surface area contributed by atoms with Crippen molar-refractivity contribution in [1.29, 1.82) is 0 Å². The Balaban J connectivity index is 2.35. The molecule has 108 valence electrons. The van der Waals surface area contributed by atoms with E-state index in [1.165, 1.54) is 19.3 Å². The van der Waals surface area contributed by atoms with Crippen molar-refractivity contribution in [3.63, 3.8) is 0 Å². The molecule has 0 bridgehead atoms. The largest absolute Gasteiger partial charge is 0.396 e. The van der Waals surface area contributed by atoms with Crippen LogP contribution in [0.2, 0.25) is 0 Å². The molecule has 1 unspecified atom stereocenters. The number of rotatable bonds is 3. The van der Waals surface area contributed by atoms with E-state index in [-0.39, 0.29) is 23.3 Å². The summed E-state index contributed by atoms with van der Waals surface area (Å²) in [7, 11) is 0. The Bertz CT molecular complexity index is 393. The molecule has 3 heteroatoms. The van der Waals surface area contributed by atoms with E-state index in [0.29, 0.717) is 6.42 Å². The average molecular weight is 264 g/mol. The second kappa shape index (κ2) is 4.71. The number of hydrogen-bond donors (Lipinski definition) is 1. The number of hydrogen-bond acceptors (Lipinski definition) is 3. The van der Waals surface area contributed by atoms with Crippen molar-refractivity contribution in [3.05, 3.63) is 11.6 Å². The molecule has 0 aromatic carbocycles. The number of likely N-dealkylation sites (tertiary alicyclic amines) is 1. The van der Waals surface area contributed by atoms with E-state index in [1.54, 1.807) is 0 Å². The molecule has 1 saturated heterocycles. The van der Waals surface area contributed by atoms with Gasteiger partial charge < -0.3 is 5.11 Å². The van der Waals surface area contributed by atoms with Crippen molar-refractivity contribution in [2.45, 2.75) is 77.0 Å². The molecule has 0 radical (unpaired) electrons. The Morgan fingerprint density at radius 1 is 1.16 bits per heavy atom. The van der Waals surface area contributed by atoms with Crippen molar-refractivity contribution in [1.82, 2.24) is 4.90 Å². The molecule has 0 saturated carbocycles. The van der Waals surface area contributed by atoms with Gasteiger partial charge in [-0.3, -0.25) is 9.89 Å². The molecule has 1 N–H and O–H groups in total. The van der Waals surface area contributed by atoms with Gasteiger partial charge in [0.2, 0.25) is 0 Å². The summed E-state index contributed by atoms with van der Waals surface area (Å²) in [6.45, 7) is 11.7. The molecule has 1 fully saturated rings. The predicted octanol–water partition coefficient (Wildman–Crippen LogP) is 3.14. The highest BCUT2D eigenvalue weighted by molar-refractivity contribution is 5.82. The maximum absolute atomic E-state index is 9.10. The van der Waals surface area contributed by atoms with E-state index in [2.05, 4.69) is 45.6 Å². The van der Waals surface area contributed by atoms with Gasteiger partial charge in [-0.15, -0.1) is 0 Å². The summed E-state index contributed by atoms with van der Waals surface area (Å²) >= 11 is 0. The van der Waals surface area contributed by atoms with Crippen LogP contribution in [0, 0.1) is 0 Å². The van der Waals surface area contributed by atoms with Crippen LogP contribution in [0.3, 0.4) is 0 Å². The van der Waals surface area contributed by atoms with Crippen molar-refractivity contribution in [2.24, 2.45) is 4.99 Å². The van der Waals surface area contributed by atoms with Crippen LogP contribution in [0.5, 0.6) is 0 Å². The quantitative estimate of drug-likeness (QED) is 0.850. The third-order valence-electron chi connectivity index (χ3n) is 4.59. The molecule has 0 aliphatic carbocycles. The van der Waals surface area contributed by atoms with Gasteiger partial charge in [-0.25, -0.2) is 0 Å². The monoisotopic (exact) mass is 264 g/mol. The second-order valence-electron chi connectivity index (χ2n) is 7.36.